The molecule has 0 aromatic carbocycles. The van der Waals surface area contributed by atoms with Gasteiger partial charge in [-0.2, -0.15) is 0 Å². The number of allylic oxidation sites excluding steroid dienone is 3. The molecule has 0 bridgehead atoms. The first-order chi connectivity index (χ1) is 16.1. The van der Waals surface area contributed by atoms with E-state index in [0.29, 0.717) is 41.9 Å². The van der Waals surface area contributed by atoms with Gasteiger partial charge in [-0.3, -0.25) is 4.98 Å². The fraction of sp³-hybridized carbons (Fsp3) is 0.607. The molecule has 0 amide bonds. The first kappa shape index (κ1) is 25.3. The van der Waals surface area contributed by atoms with E-state index < -0.39 is 22.0 Å². The van der Waals surface area contributed by atoms with Crippen LogP contribution in [0.2, 0.25) is 0 Å². The van der Waals surface area contributed by atoms with Crippen LogP contribution in [0.5, 0.6) is 0 Å². The van der Waals surface area contributed by atoms with Crippen molar-refractivity contribution in [3.8, 4) is 0 Å². The predicted octanol–water partition coefficient (Wildman–Crippen LogP) is 5.02. The molecule has 1 unspecified atom stereocenters. The minimum atomic E-state index is -3.29. The van der Waals surface area contributed by atoms with E-state index in [4.69, 9.17) is 0 Å². The molecule has 0 radical (unpaired) electrons. The molecule has 186 valence electrons. The lowest BCUT2D eigenvalue weighted by Crippen LogP contribution is -2.36. The lowest BCUT2D eigenvalue weighted by atomic mass is 9.61. The minimum Gasteiger partial charge on any atom is -0.393 e. The van der Waals surface area contributed by atoms with Gasteiger partial charge in [-0.25, -0.2) is 8.42 Å². The molecule has 5 nitrogen and oxygen atoms in total. The summed E-state index contributed by atoms with van der Waals surface area (Å²) in [4.78, 5) is 4.29. The van der Waals surface area contributed by atoms with E-state index in [1.54, 1.807) is 12.1 Å². The lowest BCUT2D eigenvalue weighted by Gasteiger charge is -2.44. The van der Waals surface area contributed by atoms with Gasteiger partial charge in [0.15, 0.2) is 9.84 Å². The summed E-state index contributed by atoms with van der Waals surface area (Å²) in [5.41, 5.74) is 3.33. The highest BCUT2D eigenvalue weighted by Crippen LogP contribution is 2.59. The molecule has 0 saturated heterocycles. The van der Waals surface area contributed by atoms with Crippen LogP contribution in [-0.2, 0) is 9.84 Å². The fourth-order valence-corrected chi connectivity index (χ4v) is 8.34. The second-order valence-corrected chi connectivity index (χ2v) is 13.0. The van der Waals surface area contributed by atoms with Crippen LogP contribution in [0.15, 0.2) is 64.9 Å². The minimum absolute atomic E-state index is 0.178. The molecule has 2 N–H and O–H groups in total. The Bertz CT molecular complexity index is 1060. The van der Waals surface area contributed by atoms with E-state index in [2.05, 4.69) is 37.6 Å². The number of nitrogens with zero attached hydrogens (tertiary/aromatic N) is 1. The van der Waals surface area contributed by atoms with Crippen LogP contribution in [0.1, 0.15) is 65.2 Å². The first-order valence-electron chi connectivity index (χ1n) is 12.7. The van der Waals surface area contributed by atoms with Gasteiger partial charge in [0.2, 0.25) is 0 Å². The van der Waals surface area contributed by atoms with Crippen molar-refractivity contribution in [3.05, 3.63) is 60.0 Å². The average Bonchev–Trinajstić information content (AvgIpc) is 3.17. The molecule has 3 saturated carbocycles. The number of aromatic nitrogens is 1. The second kappa shape index (κ2) is 10.1. The molecule has 1 heterocycles. The van der Waals surface area contributed by atoms with Gasteiger partial charge in [0, 0.05) is 18.8 Å². The Kier molecular flexibility index (Phi) is 7.51. The summed E-state index contributed by atoms with van der Waals surface area (Å²) in [6.45, 7) is 8.69. The van der Waals surface area contributed by atoms with E-state index in [9.17, 15) is 18.6 Å². The molecule has 34 heavy (non-hydrogen) atoms. The highest BCUT2D eigenvalue weighted by molar-refractivity contribution is 7.91. The second-order valence-electron chi connectivity index (χ2n) is 10.9. The van der Waals surface area contributed by atoms with Gasteiger partial charge >= 0.3 is 0 Å². The third-order valence-corrected chi connectivity index (χ3v) is 10.6. The standard InChI is InChI=1S/C28H39NO4S/c1-19(12-16-34(32,33)24-10-14-29-15-11-24)25-8-9-26-21(5-4-13-28(25,26)3)6-7-22-17-23(30)18-27(31)20(22)2/h6-7,10-11,14-15,19,23,25-27,30-31H,2,4-5,8-9,12-13,16-18H2,1,3H3/t19-,23-,25?,26+,27+,28-/m1/s1. The molecule has 3 fully saturated rings. The highest BCUT2D eigenvalue weighted by Gasteiger charge is 2.50. The van der Waals surface area contributed by atoms with Crippen LogP contribution in [-0.4, -0.2) is 41.6 Å². The summed E-state index contributed by atoms with van der Waals surface area (Å²) in [7, 11) is -3.29. The largest absolute Gasteiger partial charge is 0.393 e. The Hall–Kier alpha value is -1.76. The van der Waals surface area contributed by atoms with E-state index in [0.717, 1.165) is 36.8 Å². The molecule has 6 heteroatoms. The van der Waals surface area contributed by atoms with Gasteiger partial charge < -0.3 is 10.2 Å². The highest BCUT2D eigenvalue weighted by atomic mass is 32.2. The molecule has 1 aromatic rings. The van der Waals surface area contributed by atoms with E-state index >= 15 is 0 Å². The molecule has 0 spiro atoms. The normalized spacial score (nSPS) is 35.5. The van der Waals surface area contributed by atoms with Crippen molar-refractivity contribution in [2.45, 2.75) is 82.3 Å². The van der Waals surface area contributed by atoms with Gasteiger partial charge in [0.1, 0.15) is 0 Å². The monoisotopic (exact) mass is 485 g/mol. The zero-order chi connectivity index (χ0) is 24.5. The molecule has 4 rings (SSSR count). The molecular formula is C28H39NO4S. The Labute approximate surface area is 204 Å². The quantitative estimate of drug-likeness (QED) is 0.591. The summed E-state index contributed by atoms with van der Waals surface area (Å²) >= 11 is 0. The van der Waals surface area contributed by atoms with Gasteiger partial charge in [0.25, 0.3) is 0 Å². The molecule has 3 aliphatic rings. The molecule has 0 aliphatic heterocycles. The number of rotatable bonds is 6. The van der Waals surface area contributed by atoms with Crippen molar-refractivity contribution in [2.75, 3.05) is 5.75 Å². The van der Waals surface area contributed by atoms with Crippen molar-refractivity contribution >= 4 is 9.84 Å². The third kappa shape index (κ3) is 5.09. The van der Waals surface area contributed by atoms with Crippen LogP contribution in [0, 0.1) is 23.2 Å². The first-order valence-corrected chi connectivity index (χ1v) is 14.3. The van der Waals surface area contributed by atoms with Crippen molar-refractivity contribution < 1.29 is 18.6 Å². The van der Waals surface area contributed by atoms with Crippen LogP contribution < -0.4 is 0 Å². The summed E-state index contributed by atoms with van der Waals surface area (Å²) < 4.78 is 25.6. The fourth-order valence-electron chi connectivity index (χ4n) is 6.88. The maximum absolute atomic E-state index is 12.8. The maximum atomic E-state index is 12.8. The van der Waals surface area contributed by atoms with E-state index in [1.807, 2.05) is 0 Å². The van der Waals surface area contributed by atoms with E-state index in [1.165, 1.54) is 24.4 Å². The van der Waals surface area contributed by atoms with Crippen molar-refractivity contribution in [1.82, 2.24) is 4.98 Å². The molecular weight excluding hydrogens is 446 g/mol. The van der Waals surface area contributed by atoms with Crippen LogP contribution in [0.4, 0.5) is 0 Å². The third-order valence-electron chi connectivity index (χ3n) is 8.84. The van der Waals surface area contributed by atoms with Crippen molar-refractivity contribution in [1.29, 1.82) is 0 Å². The van der Waals surface area contributed by atoms with Gasteiger partial charge in [0.05, 0.1) is 22.9 Å². The van der Waals surface area contributed by atoms with Crippen molar-refractivity contribution in [3.63, 3.8) is 0 Å². The Morgan fingerprint density at radius 2 is 1.97 bits per heavy atom. The van der Waals surface area contributed by atoms with Crippen LogP contribution in [0.25, 0.3) is 0 Å². The number of sulfone groups is 1. The van der Waals surface area contributed by atoms with Crippen molar-refractivity contribution in [2.24, 2.45) is 23.2 Å². The smallest absolute Gasteiger partial charge is 0.178 e. The molecule has 6 atom stereocenters. The number of fused-ring (bicyclic) bond motifs is 1. The Morgan fingerprint density at radius 3 is 2.71 bits per heavy atom. The number of hydrogen-bond donors (Lipinski definition) is 2. The van der Waals surface area contributed by atoms with Crippen LogP contribution in [0.3, 0.4) is 0 Å². The predicted molar refractivity (Wildman–Crippen MR) is 135 cm³/mol. The maximum Gasteiger partial charge on any atom is 0.178 e. The number of pyridine rings is 1. The lowest BCUT2D eigenvalue weighted by molar-refractivity contribution is 0.0861. The summed E-state index contributed by atoms with van der Waals surface area (Å²) in [5.74, 6) is 1.54. The topological polar surface area (TPSA) is 87.5 Å². The average molecular weight is 486 g/mol. The molecule has 3 aliphatic carbocycles. The Balaban J connectivity index is 1.46. The molecule has 1 aromatic heterocycles. The number of hydrogen-bond acceptors (Lipinski definition) is 5. The zero-order valence-electron chi connectivity index (χ0n) is 20.5. The van der Waals surface area contributed by atoms with Gasteiger partial charge in [-0.05, 0) is 91.4 Å². The summed E-state index contributed by atoms with van der Waals surface area (Å²) in [5, 5.41) is 20.2. The summed E-state index contributed by atoms with van der Waals surface area (Å²) in [6, 6.07) is 3.16. The van der Waals surface area contributed by atoms with E-state index in [-0.39, 0.29) is 11.2 Å². The Morgan fingerprint density at radius 1 is 1.24 bits per heavy atom. The van der Waals surface area contributed by atoms with Gasteiger partial charge in [-0.15, -0.1) is 0 Å². The SMILES string of the molecule is C=C1C(=CC=C2CCC[C@]3(C)C([C@H](C)CCS(=O)(=O)c4ccncc4)CC[C@@H]23)C[C@@H](O)C[C@@H]1O. The van der Waals surface area contributed by atoms with Gasteiger partial charge in [-0.1, -0.05) is 38.2 Å². The summed E-state index contributed by atoms with van der Waals surface area (Å²) in [6.07, 6.45) is 13.5. The zero-order valence-corrected chi connectivity index (χ0v) is 21.3. The number of aliphatic hydroxyl groups is 2. The van der Waals surface area contributed by atoms with Crippen LogP contribution >= 0.6 is 0 Å². The number of aliphatic hydroxyl groups excluding tert-OH is 2.